The fraction of sp³-hybridized carbons (Fsp3) is 0. The topological polar surface area (TPSA) is 74.6 Å². The van der Waals surface area contributed by atoms with Gasteiger partial charge in [-0.25, -0.2) is 8.42 Å². The Hall–Kier alpha value is -3.05. The van der Waals surface area contributed by atoms with E-state index in [1.807, 2.05) is 24.3 Å². The van der Waals surface area contributed by atoms with Crippen molar-refractivity contribution >= 4 is 31.4 Å². The van der Waals surface area contributed by atoms with Gasteiger partial charge in [0, 0.05) is 16.8 Å². The molecule has 4 nitrogen and oxygen atoms in total. The molecular formula is C20H14O4S. The zero-order valence-corrected chi connectivity index (χ0v) is 13.9. The van der Waals surface area contributed by atoms with Gasteiger partial charge in [-0.15, -0.1) is 0 Å². The van der Waals surface area contributed by atoms with Crippen LogP contribution < -0.4 is 0 Å². The van der Waals surface area contributed by atoms with Crippen LogP contribution in [0.5, 0.6) is 11.5 Å². The number of phenols is 2. The smallest absolute Gasteiger partial charge is 0.210 e. The first-order valence-electron chi connectivity index (χ1n) is 7.66. The lowest BCUT2D eigenvalue weighted by Crippen LogP contribution is -2.02. The quantitative estimate of drug-likeness (QED) is 0.419. The molecule has 25 heavy (non-hydrogen) atoms. The van der Waals surface area contributed by atoms with E-state index in [0.29, 0.717) is 10.8 Å². The molecule has 0 radical (unpaired) electrons. The minimum atomic E-state index is -3.95. The summed E-state index contributed by atoms with van der Waals surface area (Å²) in [7, 11) is -3.95. The van der Waals surface area contributed by atoms with Crippen LogP contribution >= 0.6 is 0 Å². The molecule has 0 saturated carbocycles. The van der Waals surface area contributed by atoms with E-state index in [2.05, 4.69) is 0 Å². The van der Waals surface area contributed by atoms with Gasteiger partial charge in [0.15, 0.2) is 0 Å². The Labute approximate surface area is 144 Å². The van der Waals surface area contributed by atoms with E-state index in [1.165, 1.54) is 12.1 Å². The number of fused-ring (bicyclic) bond motifs is 2. The van der Waals surface area contributed by atoms with E-state index in [-0.39, 0.29) is 21.3 Å². The average Bonchev–Trinajstić information content (AvgIpc) is 2.64. The maximum absolute atomic E-state index is 12.8. The largest absolute Gasteiger partial charge is 0.507 e. The molecule has 4 rings (SSSR count). The maximum Gasteiger partial charge on any atom is 0.210 e. The first kappa shape index (κ1) is 15.5. The first-order chi connectivity index (χ1) is 12.0. The van der Waals surface area contributed by atoms with Gasteiger partial charge in [0.05, 0.1) is 4.90 Å². The molecule has 0 heterocycles. The van der Waals surface area contributed by atoms with Crippen LogP contribution in [0.1, 0.15) is 0 Å². The van der Waals surface area contributed by atoms with Gasteiger partial charge in [0.25, 0.3) is 0 Å². The van der Waals surface area contributed by atoms with Crippen molar-refractivity contribution in [1.29, 1.82) is 0 Å². The highest BCUT2D eigenvalue weighted by Crippen LogP contribution is 2.41. The highest BCUT2D eigenvalue weighted by Gasteiger charge is 2.24. The van der Waals surface area contributed by atoms with Crippen LogP contribution in [0.2, 0.25) is 0 Å². The minimum Gasteiger partial charge on any atom is -0.507 e. The Bertz CT molecular complexity index is 1210. The third-order valence-corrected chi connectivity index (χ3v) is 6.04. The van der Waals surface area contributed by atoms with E-state index in [0.717, 1.165) is 16.8 Å². The van der Waals surface area contributed by atoms with Crippen LogP contribution in [0.25, 0.3) is 21.5 Å². The summed E-state index contributed by atoms with van der Waals surface area (Å²) in [6.07, 6.45) is 0. The summed E-state index contributed by atoms with van der Waals surface area (Å²) in [5.41, 5.74) is 0. The van der Waals surface area contributed by atoms with Crippen molar-refractivity contribution < 1.29 is 18.6 Å². The number of aromatic hydroxyl groups is 2. The maximum atomic E-state index is 12.8. The van der Waals surface area contributed by atoms with Crippen LogP contribution in [0, 0.1) is 0 Å². The third-order valence-electron chi connectivity index (χ3n) is 4.26. The second-order valence-corrected chi connectivity index (χ2v) is 7.72. The van der Waals surface area contributed by atoms with Crippen molar-refractivity contribution in [1.82, 2.24) is 0 Å². The first-order valence-corrected chi connectivity index (χ1v) is 9.14. The van der Waals surface area contributed by atoms with Crippen molar-refractivity contribution in [2.24, 2.45) is 0 Å². The Morgan fingerprint density at radius 2 is 1.24 bits per heavy atom. The number of sulfone groups is 1. The summed E-state index contributed by atoms with van der Waals surface area (Å²) in [5.74, 6) is -0.546. The highest BCUT2D eigenvalue weighted by atomic mass is 32.2. The molecule has 0 saturated heterocycles. The Morgan fingerprint density at radius 1 is 0.680 bits per heavy atom. The van der Waals surface area contributed by atoms with Gasteiger partial charge in [-0.2, -0.15) is 0 Å². The van der Waals surface area contributed by atoms with Gasteiger partial charge in [0.1, 0.15) is 16.4 Å². The molecule has 0 fully saturated rings. The second-order valence-electron chi connectivity index (χ2n) is 5.80. The van der Waals surface area contributed by atoms with Gasteiger partial charge in [-0.05, 0) is 35.0 Å². The fourth-order valence-corrected chi connectivity index (χ4v) is 4.38. The lowest BCUT2D eigenvalue weighted by Gasteiger charge is -2.12. The molecule has 0 amide bonds. The van der Waals surface area contributed by atoms with Gasteiger partial charge >= 0.3 is 0 Å². The van der Waals surface area contributed by atoms with Crippen LogP contribution in [-0.4, -0.2) is 18.6 Å². The fourth-order valence-electron chi connectivity index (χ4n) is 2.98. The number of hydrogen-bond acceptors (Lipinski definition) is 4. The summed E-state index contributed by atoms with van der Waals surface area (Å²) in [6.45, 7) is 0. The summed E-state index contributed by atoms with van der Waals surface area (Å²) in [4.78, 5) is -0.246. The normalized spacial score (nSPS) is 11.8. The summed E-state index contributed by atoms with van der Waals surface area (Å²) in [6, 6.07) is 19.8. The molecule has 0 aromatic heterocycles. The van der Waals surface area contributed by atoms with Gasteiger partial charge < -0.3 is 10.2 Å². The van der Waals surface area contributed by atoms with Crippen LogP contribution in [0.4, 0.5) is 0 Å². The predicted molar refractivity (Wildman–Crippen MR) is 96.7 cm³/mol. The van der Waals surface area contributed by atoms with Crippen LogP contribution in [0.15, 0.2) is 82.6 Å². The Balaban J connectivity index is 2.07. The predicted octanol–water partition coefficient (Wildman–Crippen LogP) is 4.24. The number of hydrogen-bond donors (Lipinski definition) is 2. The summed E-state index contributed by atoms with van der Waals surface area (Å²) in [5, 5.41) is 23.5. The molecule has 0 bridgehead atoms. The van der Waals surface area contributed by atoms with Crippen LogP contribution in [-0.2, 0) is 9.84 Å². The van der Waals surface area contributed by atoms with Gasteiger partial charge in [-0.1, -0.05) is 42.5 Å². The molecule has 0 aliphatic rings. The van der Waals surface area contributed by atoms with Crippen molar-refractivity contribution in [3.05, 3.63) is 72.8 Å². The van der Waals surface area contributed by atoms with Crippen molar-refractivity contribution in [3.63, 3.8) is 0 Å². The molecule has 0 unspecified atom stereocenters. The van der Waals surface area contributed by atoms with E-state index in [4.69, 9.17) is 0 Å². The number of benzene rings is 4. The minimum absolute atomic E-state index is 0.0600. The summed E-state index contributed by atoms with van der Waals surface area (Å²) < 4.78 is 25.7. The standard InChI is InChI=1S/C20H14O4S/c21-18-12-19(25(23,24)15-8-2-1-3-9-15)20(22)17-11-14-7-5-4-6-13(14)10-16(17)18/h1-12,21-22H. The van der Waals surface area contributed by atoms with E-state index in [9.17, 15) is 18.6 Å². The molecule has 0 aliphatic carbocycles. The molecule has 4 aromatic rings. The van der Waals surface area contributed by atoms with E-state index < -0.39 is 9.84 Å². The monoisotopic (exact) mass is 350 g/mol. The van der Waals surface area contributed by atoms with Gasteiger partial charge in [0.2, 0.25) is 9.84 Å². The number of rotatable bonds is 2. The van der Waals surface area contributed by atoms with Crippen molar-refractivity contribution in [3.8, 4) is 11.5 Å². The molecule has 4 aromatic carbocycles. The zero-order chi connectivity index (χ0) is 17.6. The zero-order valence-electron chi connectivity index (χ0n) is 13.0. The lowest BCUT2D eigenvalue weighted by molar-refractivity contribution is 0.454. The summed E-state index contributed by atoms with van der Waals surface area (Å²) >= 11 is 0. The molecule has 0 spiro atoms. The molecular weight excluding hydrogens is 336 g/mol. The van der Waals surface area contributed by atoms with E-state index in [1.54, 1.807) is 30.3 Å². The average molecular weight is 350 g/mol. The third kappa shape index (κ3) is 2.40. The van der Waals surface area contributed by atoms with Gasteiger partial charge in [-0.3, -0.25) is 0 Å². The Kier molecular flexibility index (Phi) is 3.40. The molecule has 0 atom stereocenters. The molecule has 0 aliphatic heterocycles. The van der Waals surface area contributed by atoms with E-state index >= 15 is 0 Å². The number of phenolic OH excluding ortho intramolecular Hbond substituents is 2. The molecule has 124 valence electrons. The highest BCUT2D eigenvalue weighted by molar-refractivity contribution is 7.91. The second kappa shape index (κ2) is 5.50. The SMILES string of the molecule is O=S(=O)(c1ccccc1)c1cc(O)c2cc3ccccc3cc2c1O. The van der Waals surface area contributed by atoms with Crippen molar-refractivity contribution in [2.45, 2.75) is 9.79 Å². The van der Waals surface area contributed by atoms with Crippen molar-refractivity contribution in [2.75, 3.05) is 0 Å². The molecule has 2 N–H and O–H groups in total. The lowest BCUT2D eigenvalue weighted by atomic mass is 10.0. The van der Waals surface area contributed by atoms with Crippen LogP contribution in [0.3, 0.4) is 0 Å². The Morgan fingerprint density at radius 3 is 1.88 bits per heavy atom. The molecule has 5 heteroatoms.